The predicted molar refractivity (Wildman–Crippen MR) is 105 cm³/mol. The van der Waals surface area contributed by atoms with E-state index in [1.165, 1.54) is 22.2 Å². The molecule has 2 heterocycles. The molecule has 0 aliphatic heterocycles. The van der Waals surface area contributed by atoms with Crippen molar-refractivity contribution in [2.24, 2.45) is 0 Å². The molecule has 0 saturated carbocycles. The van der Waals surface area contributed by atoms with Crippen molar-refractivity contribution in [3.8, 4) is 0 Å². The molecule has 0 spiro atoms. The number of hydrogen-bond acceptors (Lipinski definition) is 6. The minimum atomic E-state index is -0.0472. The van der Waals surface area contributed by atoms with Crippen molar-refractivity contribution in [1.82, 2.24) is 15.3 Å². The van der Waals surface area contributed by atoms with Crippen LogP contribution < -0.4 is 11.1 Å². The lowest BCUT2D eigenvalue weighted by Gasteiger charge is -2.07. The predicted octanol–water partition coefficient (Wildman–Crippen LogP) is 3.61. The van der Waals surface area contributed by atoms with Crippen LogP contribution in [0.15, 0.2) is 29.4 Å². The average Bonchev–Trinajstić information content (AvgIpc) is 2.87. The second-order valence-electron chi connectivity index (χ2n) is 5.85. The Morgan fingerprint density at radius 2 is 2.00 bits per heavy atom. The molecule has 0 bridgehead atoms. The summed E-state index contributed by atoms with van der Waals surface area (Å²) in [5, 5.41) is 4.40. The lowest BCUT2D eigenvalue weighted by Crippen LogP contribution is -2.25. The highest BCUT2D eigenvalue weighted by Crippen LogP contribution is 2.33. The molecular formula is C18H20N4OS2. The molecular weight excluding hydrogens is 352 g/mol. The number of aromatic nitrogens is 2. The van der Waals surface area contributed by atoms with Crippen LogP contribution in [0.4, 0.5) is 5.82 Å². The largest absolute Gasteiger partial charge is 0.383 e. The topological polar surface area (TPSA) is 80.9 Å². The maximum Gasteiger partial charge on any atom is 0.230 e. The summed E-state index contributed by atoms with van der Waals surface area (Å²) in [6.45, 7) is 6.64. The zero-order valence-corrected chi connectivity index (χ0v) is 16.1. The number of carbonyl (C=O) groups is 1. The Labute approximate surface area is 155 Å². The molecule has 0 unspecified atom stereocenters. The van der Waals surface area contributed by atoms with Gasteiger partial charge in [0.2, 0.25) is 5.91 Å². The number of nitrogens with zero attached hydrogens (tertiary/aromatic N) is 2. The molecule has 2 aromatic heterocycles. The molecule has 7 heteroatoms. The summed E-state index contributed by atoms with van der Waals surface area (Å²) in [6, 6.07) is 8.01. The maximum atomic E-state index is 12.1. The molecule has 0 saturated heterocycles. The van der Waals surface area contributed by atoms with Crippen molar-refractivity contribution < 1.29 is 4.79 Å². The fraction of sp³-hybridized carbons (Fsp3) is 0.278. The van der Waals surface area contributed by atoms with Gasteiger partial charge in [-0.15, -0.1) is 11.3 Å². The van der Waals surface area contributed by atoms with Crippen LogP contribution >= 0.6 is 23.1 Å². The van der Waals surface area contributed by atoms with Crippen LogP contribution in [0.3, 0.4) is 0 Å². The van der Waals surface area contributed by atoms with E-state index in [-0.39, 0.29) is 11.7 Å². The zero-order valence-electron chi connectivity index (χ0n) is 14.4. The summed E-state index contributed by atoms with van der Waals surface area (Å²) in [7, 11) is 0. The maximum absolute atomic E-state index is 12.1. The number of rotatable bonds is 5. The van der Waals surface area contributed by atoms with Gasteiger partial charge in [-0.2, -0.15) is 0 Å². The summed E-state index contributed by atoms with van der Waals surface area (Å²) < 4.78 is 0. The standard InChI is InChI=1S/C18H20N4OS2/c1-10-6-4-5-7-13(10)8-20-14(23)9-24-18-21-16(19)15-11(2)12(3)25-17(15)22-18/h4-7H,8-9H2,1-3H3,(H,20,23)(H2,19,21,22). The molecule has 5 nitrogen and oxygen atoms in total. The Bertz CT molecular complexity index is 936. The number of hydrogen-bond donors (Lipinski definition) is 2. The van der Waals surface area contributed by atoms with Gasteiger partial charge in [-0.05, 0) is 37.5 Å². The van der Waals surface area contributed by atoms with Crippen LogP contribution in [0.5, 0.6) is 0 Å². The van der Waals surface area contributed by atoms with Crippen molar-refractivity contribution >= 4 is 45.0 Å². The molecule has 3 rings (SSSR count). The SMILES string of the molecule is Cc1ccccc1CNC(=O)CSc1nc(N)c2c(C)c(C)sc2n1. The molecule has 0 aliphatic rings. The molecule has 0 aliphatic carbocycles. The van der Waals surface area contributed by atoms with Gasteiger partial charge >= 0.3 is 0 Å². The third kappa shape index (κ3) is 3.93. The Morgan fingerprint density at radius 3 is 2.76 bits per heavy atom. The first-order valence-electron chi connectivity index (χ1n) is 7.93. The van der Waals surface area contributed by atoms with Gasteiger partial charge in [-0.25, -0.2) is 9.97 Å². The summed E-state index contributed by atoms with van der Waals surface area (Å²) >= 11 is 2.91. The van der Waals surface area contributed by atoms with E-state index >= 15 is 0 Å². The quantitative estimate of drug-likeness (QED) is 0.528. The van der Waals surface area contributed by atoms with Gasteiger partial charge in [0, 0.05) is 11.4 Å². The van der Waals surface area contributed by atoms with Crippen molar-refractivity contribution in [2.45, 2.75) is 32.5 Å². The first kappa shape index (κ1) is 17.7. The number of aryl methyl sites for hydroxylation is 3. The second-order valence-corrected chi connectivity index (χ2v) is 7.99. The van der Waals surface area contributed by atoms with E-state index in [2.05, 4.69) is 15.3 Å². The van der Waals surface area contributed by atoms with Gasteiger partial charge in [-0.3, -0.25) is 4.79 Å². The van der Waals surface area contributed by atoms with Crippen LogP contribution in [-0.4, -0.2) is 21.6 Å². The number of nitrogens with two attached hydrogens (primary N) is 1. The molecule has 1 amide bonds. The van der Waals surface area contributed by atoms with E-state index in [0.29, 0.717) is 17.5 Å². The number of nitrogen functional groups attached to an aromatic ring is 1. The van der Waals surface area contributed by atoms with Crippen LogP contribution in [0.25, 0.3) is 10.2 Å². The molecule has 3 N–H and O–H groups in total. The fourth-order valence-electron chi connectivity index (χ4n) is 2.51. The van der Waals surface area contributed by atoms with Gasteiger partial charge in [0.05, 0.1) is 11.1 Å². The van der Waals surface area contributed by atoms with Gasteiger partial charge in [0.15, 0.2) is 5.16 Å². The minimum absolute atomic E-state index is 0.0472. The van der Waals surface area contributed by atoms with Gasteiger partial charge in [0.1, 0.15) is 10.6 Å². The highest BCUT2D eigenvalue weighted by molar-refractivity contribution is 7.99. The van der Waals surface area contributed by atoms with Crippen LogP contribution in [-0.2, 0) is 11.3 Å². The minimum Gasteiger partial charge on any atom is -0.383 e. The van der Waals surface area contributed by atoms with E-state index in [0.717, 1.165) is 21.3 Å². The van der Waals surface area contributed by atoms with Gasteiger partial charge < -0.3 is 11.1 Å². The Kier molecular flexibility index (Phi) is 5.24. The first-order chi connectivity index (χ1) is 12.0. The Hall–Kier alpha value is -2.12. The summed E-state index contributed by atoms with van der Waals surface area (Å²) in [5.74, 6) is 0.698. The molecule has 0 atom stereocenters. The Balaban J connectivity index is 1.62. The normalized spacial score (nSPS) is 11.0. The first-order valence-corrected chi connectivity index (χ1v) is 9.73. The van der Waals surface area contributed by atoms with Crippen molar-refractivity contribution in [2.75, 3.05) is 11.5 Å². The molecule has 0 radical (unpaired) electrons. The monoisotopic (exact) mass is 372 g/mol. The summed E-state index contributed by atoms with van der Waals surface area (Å²) in [6.07, 6.45) is 0. The Morgan fingerprint density at radius 1 is 1.24 bits per heavy atom. The van der Waals surface area contributed by atoms with Gasteiger partial charge in [-0.1, -0.05) is 36.0 Å². The highest BCUT2D eigenvalue weighted by atomic mass is 32.2. The summed E-state index contributed by atoms with van der Waals surface area (Å²) in [4.78, 5) is 23.0. The van der Waals surface area contributed by atoms with Crippen LogP contribution in [0.1, 0.15) is 21.6 Å². The van der Waals surface area contributed by atoms with E-state index in [4.69, 9.17) is 5.73 Å². The summed E-state index contributed by atoms with van der Waals surface area (Å²) in [5.41, 5.74) is 9.49. The van der Waals surface area contributed by atoms with E-state index < -0.39 is 0 Å². The number of anilines is 1. The van der Waals surface area contributed by atoms with E-state index in [1.807, 2.05) is 45.0 Å². The van der Waals surface area contributed by atoms with Gasteiger partial charge in [0.25, 0.3) is 0 Å². The number of amides is 1. The molecule has 130 valence electrons. The van der Waals surface area contributed by atoms with Crippen molar-refractivity contribution in [3.05, 3.63) is 45.8 Å². The fourth-order valence-corrected chi connectivity index (χ4v) is 4.28. The molecule has 3 aromatic rings. The number of carbonyl (C=O) groups excluding carboxylic acids is 1. The molecule has 1 aromatic carbocycles. The van der Waals surface area contributed by atoms with Crippen LogP contribution in [0.2, 0.25) is 0 Å². The molecule has 0 fully saturated rings. The molecule has 25 heavy (non-hydrogen) atoms. The smallest absolute Gasteiger partial charge is 0.230 e. The van der Waals surface area contributed by atoms with E-state index in [1.54, 1.807) is 11.3 Å². The lowest BCUT2D eigenvalue weighted by atomic mass is 10.1. The zero-order chi connectivity index (χ0) is 18.0. The van der Waals surface area contributed by atoms with Crippen molar-refractivity contribution in [3.63, 3.8) is 0 Å². The average molecular weight is 373 g/mol. The number of fused-ring (bicyclic) bond motifs is 1. The van der Waals surface area contributed by atoms with Crippen LogP contribution in [0, 0.1) is 20.8 Å². The number of thioether (sulfide) groups is 1. The number of thiophene rings is 1. The number of benzene rings is 1. The van der Waals surface area contributed by atoms with Crippen molar-refractivity contribution in [1.29, 1.82) is 0 Å². The van der Waals surface area contributed by atoms with E-state index in [9.17, 15) is 4.79 Å². The second kappa shape index (κ2) is 7.41. The number of nitrogens with one attached hydrogen (secondary N) is 1. The third-order valence-electron chi connectivity index (χ3n) is 4.11. The third-order valence-corrected chi connectivity index (χ3v) is 6.05. The lowest BCUT2D eigenvalue weighted by molar-refractivity contribution is -0.118. The highest BCUT2D eigenvalue weighted by Gasteiger charge is 2.13.